The van der Waals surface area contributed by atoms with Crippen LogP contribution in [0.1, 0.15) is 57.4 Å². The number of esters is 1. The lowest BCUT2D eigenvalue weighted by molar-refractivity contribution is -0.143. The molecular formula is C36H52NO13P. The highest BCUT2D eigenvalue weighted by molar-refractivity contribution is 7.46. The fraction of sp³-hybridized carbons (Fsp3) is 0.556. The van der Waals surface area contributed by atoms with Gasteiger partial charge in [0.2, 0.25) is 11.7 Å². The third kappa shape index (κ3) is 13.5. The van der Waals surface area contributed by atoms with Gasteiger partial charge in [0.15, 0.2) is 11.5 Å². The molecule has 0 bridgehead atoms. The van der Waals surface area contributed by atoms with Gasteiger partial charge in [-0.3, -0.25) is 9.32 Å². The van der Waals surface area contributed by atoms with Crippen molar-refractivity contribution < 1.29 is 62.7 Å². The van der Waals surface area contributed by atoms with E-state index in [4.69, 9.17) is 23.5 Å². The molecule has 0 saturated heterocycles. The summed E-state index contributed by atoms with van der Waals surface area (Å²) >= 11 is 0. The summed E-state index contributed by atoms with van der Waals surface area (Å²) in [6.45, 7) is 1.71. The van der Waals surface area contributed by atoms with E-state index >= 15 is 0 Å². The summed E-state index contributed by atoms with van der Waals surface area (Å²) in [4.78, 5) is 44.7. The molecule has 0 unspecified atom stereocenters. The first kappa shape index (κ1) is 41.9. The number of phosphoric acid groups is 1. The Morgan fingerprint density at radius 1 is 1.12 bits per heavy atom. The minimum atomic E-state index is -5.22. The molecule has 0 radical (unpaired) electrons. The van der Waals surface area contributed by atoms with E-state index in [9.17, 15) is 39.3 Å². The highest BCUT2D eigenvalue weighted by Crippen LogP contribution is 2.43. The molecule has 0 spiro atoms. The van der Waals surface area contributed by atoms with Gasteiger partial charge in [-0.05, 0) is 61.8 Å². The van der Waals surface area contributed by atoms with Gasteiger partial charge in [-0.15, -0.1) is 0 Å². The number of ether oxygens (including phenoxy) is 4. The monoisotopic (exact) mass is 737 g/mol. The minimum Gasteiger partial charge on any atom is -0.493 e. The SMILES string of the molecule is CC[C@H]1C=CC(=O)O[C@H]1/C=C/[C@](O)(CCNC(=O)Cc1cc(OC)c(OC)c(OC)c1)[C@@H](C[C@@H](O)/C=C\C=C/[C@@H]1CCC[C@H](O)C1)OP(=O)(O)O. The molecule has 284 valence electrons. The molecule has 7 atom stereocenters. The number of amides is 1. The van der Waals surface area contributed by atoms with E-state index in [-0.39, 0.29) is 37.3 Å². The molecule has 1 amide bonds. The smallest absolute Gasteiger partial charge is 0.469 e. The predicted octanol–water partition coefficient (Wildman–Crippen LogP) is 3.45. The van der Waals surface area contributed by atoms with Gasteiger partial charge in [-0.1, -0.05) is 49.8 Å². The predicted molar refractivity (Wildman–Crippen MR) is 188 cm³/mol. The maximum absolute atomic E-state index is 13.0. The number of phosphoric ester groups is 1. The van der Waals surface area contributed by atoms with Crippen molar-refractivity contribution >= 4 is 19.7 Å². The standard InChI is InChI=1S/C36H52NO13P/c1-5-26-13-14-34(41)49-29(26)15-16-36(42,17-18-37-33(40)22-25-20-30(46-2)35(48-4)31(21-25)47-3)32(50-51(43,44)45)23-28(39)11-7-6-9-24-10-8-12-27(38)19-24/h6-7,9,11,13-16,20-21,24,26-29,32,38-39,42H,5,8,10,12,17-19,22-23H2,1-4H3,(H,37,40)(H2,43,44,45)/b9-6-,11-7-,16-15+/t24-,26+,27+,28+,29+,32-,36+/m1/s1. The molecular weight excluding hydrogens is 685 g/mol. The Morgan fingerprint density at radius 3 is 2.43 bits per heavy atom. The van der Waals surface area contributed by atoms with Crippen LogP contribution in [-0.4, -0.2) is 94.9 Å². The fourth-order valence-corrected chi connectivity index (χ4v) is 6.81. The van der Waals surface area contributed by atoms with Crippen molar-refractivity contribution in [3.8, 4) is 17.2 Å². The summed E-state index contributed by atoms with van der Waals surface area (Å²) in [6, 6.07) is 3.24. The van der Waals surface area contributed by atoms with Crippen molar-refractivity contribution in [1.29, 1.82) is 0 Å². The van der Waals surface area contributed by atoms with Gasteiger partial charge in [0.25, 0.3) is 0 Å². The summed E-state index contributed by atoms with van der Waals surface area (Å²) in [5.74, 6) is 0.00667. The maximum atomic E-state index is 13.0. The molecule has 0 aromatic heterocycles. The first-order valence-corrected chi connectivity index (χ1v) is 18.5. The summed E-state index contributed by atoms with van der Waals surface area (Å²) in [5, 5.41) is 35.5. The number of methoxy groups -OCH3 is 3. The molecule has 14 nitrogen and oxygen atoms in total. The van der Waals surface area contributed by atoms with Gasteiger partial charge in [-0.2, -0.15) is 0 Å². The zero-order chi connectivity index (χ0) is 37.6. The van der Waals surface area contributed by atoms with E-state index in [1.807, 2.05) is 13.0 Å². The Bertz CT molecular complexity index is 1450. The van der Waals surface area contributed by atoms with Crippen LogP contribution >= 0.6 is 7.82 Å². The summed E-state index contributed by atoms with van der Waals surface area (Å²) in [5.41, 5.74) is -1.63. The second-order valence-electron chi connectivity index (χ2n) is 12.7. The quantitative estimate of drug-likeness (QED) is 0.0521. The number of aliphatic hydroxyl groups excluding tert-OH is 2. The van der Waals surface area contributed by atoms with E-state index in [0.29, 0.717) is 35.7 Å². The van der Waals surface area contributed by atoms with Crippen LogP contribution in [-0.2, 0) is 29.8 Å². The second-order valence-corrected chi connectivity index (χ2v) is 13.9. The zero-order valence-corrected chi connectivity index (χ0v) is 30.4. The number of hydrogen-bond acceptors (Lipinski definition) is 11. The first-order valence-electron chi connectivity index (χ1n) is 17.0. The fourth-order valence-electron chi connectivity index (χ4n) is 6.21. The molecule has 51 heavy (non-hydrogen) atoms. The molecule has 3 rings (SSSR count). The molecule has 15 heteroatoms. The van der Waals surface area contributed by atoms with Crippen LogP contribution in [0.3, 0.4) is 0 Å². The molecule has 1 fully saturated rings. The molecule has 1 aliphatic carbocycles. The number of carbonyl (C=O) groups is 2. The van der Waals surface area contributed by atoms with Crippen molar-refractivity contribution in [3.63, 3.8) is 0 Å². The zero-order valence-electron chi connectivity index (χ0n) is 29.6. The minimum absolute atomic E-state index is 0.104. The Labute approximate surface area is 299 Å². The average Bonchev–Trinajstić information content (AvgIpc) is 3.08. The number of benzene rings is 1. The lowest BCUT2D eigenvalue weighted by Crippen LogP contribution is -2.46. The number of allylic oxidation sites excluding steroid dienone is 3. The van der Waals surface area contributed by atoms with Crippen LogP contribution in [0.5, 0.6) is 17.2 Å². The van der Waals surface area contributed by atoms with E-state index in [1.54, 1.807) is 30.4 Å². The lowest BCUT2D eigenvalue weighted by atomic mass is 9.86. The van der Waals surface area contributed by atoms with Gasteiger partial charge < -0.3 is 49.4 Å². The third-order valence-electron chi connectivity index (χ3n) is 8.93. The highest BCUT2D eigenvalue weighted by atomic mass is 31.2. The normalized spacial score (nSPS) is 23.6. The number of rotatable bonds is 19. The van der Waals surface area contributed by atoms with Gasteiger partial charge in [0, 0.05) is 25.0 Å². The average molecular weight is 738 g/mol. The van der Waals surface area contributed by atoms with Crippen molar-refractivity contribution in [1.82, 2.24) is 5.32 Å². The van der Waals surface area contributed by atoms with E-state index < -0.39 is 50.0 Å². The van der Waals surface area contributed by atoms with E-state index in [2.05, 4.69) is 5.32 Å². The van der Waals surface area contributed by atoms with E-state index in [1.165, 1.54) is 45.6 Å². The van der Waals surface area contributed by atoms with Crippen molar-refractivity contribution in [3.05, 3.63) is 66.3 Å². The maximum Gasteiger partial charge on any atom is 0.469 e. The van der Waals surface area contributed by atoms with Crippen LogP contribution in [0.2, 0.25) is 0 Å². The Morgan fingerprint density at radius 2 is 1.82 bits per heavy atom. The first-order chi connectivity index (χ1) is 24.2. The number of hydrogen-bond donors (Lipinski definition) is 6. The largest absolute Gasteiger partial charge is 0.493 e. The Kier molecular flexibility index (Phi) is 16.4. The molecule has 1 heterocycles. The van der Waals surface area contributed by atoms with Gasteiger partial charge in [0.1, 0.15) is 17.8 Å². The summed E-state index contributed by atoms with van der Waals surface area (Å²) in [6.07, 6.45) is 11.2. The van der Waals surface area contributed by atoms with Crippen molar-refractivity contribution in [2.24, 2.45) is 11.8 Å². The van der Waals surface area contributed by atoms with Gasteiger partial charge in [-0.25, -0.2) is 9.36 Å². The Balaban J connectivity index is 1.82. The van der Waals surface area contributed by atoms with Crippen LogP contribution in [0.25, 0.3) is 0 Å². The number of nitrogens with one attached hydrogen (secondary N) is 1. The van der Waals surface area contributed by atoms with Crippen LogP contribution < -0.4 is 19.5 Å². The molecule has 1 saturated carbocycles. The number of cyclic esters (lactones) is 1. The topological polar surface area (TPSA) is 211 Å². The third-order valence-corrected chi connectivity index (χ3v) is 9.46. The van der Waals surface area contributed by atoms with Crippen LogP contribution in [0.15, 0.2) is 60.7 Å². The molecule has 1 aliphatic heterocycles. The van der Waals surface area contributed by atoms with Gasteiger partial charge >= 0.3 is 13.8 Å². The molecule has 2 aliphatic rings. The lowest BCUT2D eigenvalue weighted by Gasteiger charge is -2.35. The van der Waals surface area contributed by atoms with E-state index in [0.717, 1.165) is 19.3 Å². The summed E-state index contributed by atoms with van der Waals surface area (Å²) < 4.78 is 38.7. The summed E-state index contributed by atoms with van der Waals surface area (Å²) in [7, 11) is -0.859. The second kappa shape index (κ2) is 19.9. The number of aliphatic hydroxyl groups is 3. The van der Waals surface area contributed by atoms with Crippen LogP contribution in [0, 0.1) is 11.8 Å². The molecule has 1 aromatic carbocycles. The Hall–Kier alpha value is -3.49. The molecule has 6 N–H and O–H groups in total. The van der Waals surface area contributed by atoms with Crippen LogP contribution in [0.4, 0.5) is 0 Å². The van der Waals surface area contributed by atoms with Crippen molar-refractivity contribution in [2.75, 3.05) is 27.9 Å². The molecule has 1 aromatic rings. The van der Waals surface area contributed by atoms with Gasteiger partial charge in [0.05, 0.1) is 40.0 Å². The van der Waals surface area contributed by atoms with Crippen molar-refractivity contribution in [2.45, 2.75) is 88.3 Å². The highest BCUT2D eigenvalue weighted by Gasteiger charge is 2.41. The number of carbonyl (C=O) groups excluding carboxylic acids is 2.